The molecule has 0 saturated carbocycles. The number of rotatable bonds is 0. The van der Waals surface area contributed by atoms with Crippen LogP contribution in [0.2, 0.25) is 0 Å². The Bertz CT molecular complexity index is 541. The molecule has 4 amide bonds. The summed E-state index contributed by atoms with van der Waals surface area (Å²) in [5.74, 6) is -0.361. The van der Waals surface area contributed by atoms with Gasteiger partial charge < -0.3 is 10.2 Å². The molecule has 2 fully saturated rings. The molecule has 0 aliphatic carbocycles. The molecule has 2 N–H and O–H groups in total. The molecular formula is C11H13N5O3. The van der Waals surface area contributed by atoms with Crippen molar-refractivity contribution in [2.75, 3.05) is 13.1 Å². The molecular weight excluding hydrogens is 250 g/mol. The molecule has 3 heterocycles. The number of amides is 4. The van der Waals surface area contributed by atoms with E-state index < -0.39 is 11.6 Å². The third-order valence-corrected chi connectivity index (χ3v) is 3.50. The maximum atomic E-state index is 12.2. The third-order valence-electron chi connectivity index (χ3n) is 3.50. The summed E-state index contributed by atoms with van der Waals surface area (Å²) in [4.78, 5) is 40.7. The zero-order valence-electron chi connectivity index (χ0n) is 10.1. The van der Waals surface area contributed by atoms with E-state index in [2.05, 4.69) is 15.6 Å². The number of carbonyl (C=O) groups excluding carboxylic acids is 3. The lowest BCUT2D eigenvalue weighted by Gasteiger charge is -2.37. The van der Waals surface area contributed by atoms with E-state index in [0.717, 1.165) is 0 Å². The quantitative estimate of drug-likeness (QED) is 0.618. The molecule has 19 heavy (non-hydrogen) atoms. The van der Waals surface area contributed by atoms with Gasteiger partial charge in [0, 0.05) is 18.9 Å². The number of aromatic nitrogens is 2. The molecule has 0 aromatic carbocycles. The number of likely N-dealkylation sites (tertiary alicyclic amines) is 1. The minimum Gasteiger partial charge on any atom is -0.322 e. The highest BCUT2D eigenvalue weighted by Crippen LogP contribution is 2.24. The van der Waals surface area contributed by atoms with Crippen molar-refractivity contribution in [2.24, 2.45) is 0 Å². The van der Waals surface area contributed by atoms with Gasteiger partial charge in [-0.2, -0.15) is 0 Å². The first-order valence-corrected chi connectivity index (χ1v) is 6.02. The number of carbonyl (C=O) groups is 3. The normalized spacial score (nSPS) is 26.4. The molecule has 1 unspecified atom stereocenters. The van der Waals surface area contributed by atoms with Crippen LogP contribution in [0, 0.1) is 0 Å². The van der Waals surface area contributed by atoms with Gasteiger partial charge >= 0.3 is 12.1 Å². The second-order valence-corrected chi connectivity index (χ2v) is 4.77. The van der Waals surface area contributed by atoms with Crippen molar-refractivity contribution in [1.82, 2.24) is 25.1 Å². The smallest absolute Gasteiger partial charge is 0.322 e. The molecule has 1 aromatic rings. The summed E-state index contributed by atoms with van der Waals surface area (Å²) in [6.07, 6.45) is 5.68. The number of nitrogens with zero attached hydrogens (tertiary/aromatic N) is 3. The molecule has 1 aromatic heterocycles. The predicted octanol–water partition coefficient (Wildman–Crippen LogP) is -0.475. The van der Waals surface area contributed by atoms with Crippen LogP contribution in [0.3, 0.4) is 0 Å². The van der Waals surface area contributed by atoms with E-state index in [1.165, 1.54) is 17.1 Å². The number of hydrogen-bond donors (Lipinski definition) is 2. The first kappa shape index (κ1) is 11.7. The van der Waals surface area contributed by atoms with Gasteiger partial charge in [-0.05, 0) is 12.8 Å². The Labute approximate surface area is 108 Å². The largest absolute Gasteiger partial charge is 0.329 e. The highest BCUT2D eigenvalue weighted by molar-refractivity contribution is 6.07. The summed E-state index contributed by atoms with van der Waals surface area (Å²) < 4.78 is 1.35. The highest BCUT2D eigenvalue weighted by Gasteiger charge is 2.49. The van der Waals surface area contributed by atoms with Crippen LogP contribution >= 0.6 is 0 Å². The average Bonchev–Trinajstić information content (AvgIpc) is 2.99. The topological polar surface area (TPSA) is 96.3 Å². The average molecular weight is 263 g/mol. The Morgan fingerprint density at radius 1 is 1.42 bits per heavy atom. The number of urea groups is 1. The molecule has 1 spiro atoms. The number of imidazole rings is 1. The van der Waals surface area contributed by atoms with Gasteiger partial charge in [-0.25, -0.2) is 14.6 Å². The fourth-order valence-corrected chi connectivity index (χ4v) is 2.57. The minimum absolute atomic E-state index is 0.182. The zero-order valence-corrected chi connectivity index (χ0v) is 10.1. The van der Waals surface area contributed by atoms with E-state index in [1.54, 1.807) is 11.1 Å². The van der Waals surface area contributed by atoms with Gasteiger partial charge in [0.05, 0.1) is 6.54 Å². The minimum atomic E-state index is -0.981. The maximum Gasteiger partial charge on any atom is 0.329 e. The van der Waals surface area contributed by atoms with E-state index in [0.29, 0.717) is 19.4 Å². The zero-order chi connectivity index (χ0) is 13.5. The summed E-state index contributed by atoms with van der Waals surface area (Å²) >= 11 is 0. The molecule has 3 rings (SSSR count). The van der Waals surface area contributed by atoms with Crippen molar-refractivity contribution < 1.29 is 14.4 Å². The molecule has 2 saturated heterocycles. The number of imide groups is 1. The van der Waals surface area contributed by atoms with Gasteiger partial charge in [-0.1, -0.05) is 0 Å². The number of nitrogens with one attached hydrogen (secondary N) is 2. The van der Waals surface area contributed by atoms with Crippen molar-refractivity contribution in [3.05, 3.63) is 18.7 Å². The standard InChI is InChI=1S/C11H13N5O3/c17-8-11(14-9(18)13-8)2-1-4-15(6-11)10(19)16-5-3-12-7-16/h3,5,7H,1-2,4,6H2,(H2,13,14,17,18). The molecule has 2 aliphatic rings. The van der Waals surface area contributed by atoms with E-state index in [9.17, 15) is 14.4 Å². The Morgan fingerprint density at radius 3 is 2.89 bits per heavy atom. The molecule has 100 valence electrons. The van der Waals surface area contributed by atoms with Crippen LogP contribution in [-0.2, 0) is 4.79 Å². The van der Waals surface area contributed by atoms with Gasteiger partial charge in [0.2, 0.25) is 0 Å². The van der Waals surface area contributed by atoms with Crippen LogP contribution in [0.25, 0.3) is 0 Å². The SMILES string of the molecule is O=C1NC(=O)C2(CCCN(C(=O)n3ccnc3)C2)N1. The monoisotopic (exact) mass is 263 g/mol. The summed E-state index contributed by atoms with van der Waals surface area (Å²) in [6.45, 7) is 0.740. The Kier molecular flexibility index (Phi) is 2.51. The maximum absolute atomic E-state index is 12.2. The predicted molar refractivity (Wildman–Crippen MR) is 63.2 cm³/mol. The summed E-state index contributed by atoms with van der Waals surface area (Å²) in [5.41, 5.74) is -0.981. The second kappa shape index (κ2) is 4.08. The molecule has 8 heteroatoms. The Hall–Kier alpha value is -2.38. The van der Waals surface area contributed by atoms with E-state index in [-0.39, 0.29) is 18.5 Å². The van der Waals surface area contributed by atoms with Crippen LogP contribution in [0.5, 0.6) is 0 Å². The molecule has 2 aliphatic heterocycles. The van der Waals surface area contributed by atoms with E-state index >= 15 is 0 Å². The van der Waals surface area contributed by atoms with Gasteiger partial charge in [0.15, 0.2) is 0 Å². The molecule has 0 radical (unpaired) electrons. The number of hydrogen-bond acceptors (Lipinski definition) is 4. The van der Waals surface area contributed by atoms with Gasteiger partial charge in [0.1, 0.15) is 11.9 Å². The second-order valence-electron chi connectivity index (χ2n) is 4.77. The van der Waals surface area contributed by atoms with Crippen molar-refractivity contribution in [3.8, 4) is 0 Å². The first-order valence-electron chi connectivity index (χ1n) is 6.02. The van der Waals surface area contributed by atoms with Gasteiger partial charge in [-0.15, -0.1) is 0 Å². The van der Waals surface area contributed by atoms with E-state index in [1.807, 2.05) is 0 Å². The first-order chi connectivity index (χ1) is 9.11. The fraction of sp³-hybridized carbons (Fsp3) is 0.455. The van der Waals surface area contributed by atoms with Crippen molar-refractivity contribution in [2.45, 2.75) is 18.4 Å². The van der Waals surface area contributed by atoms with Gasteiger partial charge in [0.25, 0.3) is 5.91 Å². The van der Waals surface area contributed by atoms with Crippen LogP contribution in [0.1, 0.15) is 12.8 Å². The number of piperidine rings is 1. The van der Waals surface area contributed by atoms with Crippen molar-refractivity contribution >= 4 is 18.0 Å². The molecule has 0 bridgehead atoms. The lowest BCUT2D eigenvalue weighted by Crippen LogP contribution is -2.60. The summed E-state index contributed by atoms with van der Waals surface area (Å²) in [6, 6.07) is -0.743. The van der Waals surface area contributed by atoms with E-state index in [4.69, 9.17) is 0 Å². The molecule has 8 nitrogen and oxygen atoms in total. The van der Waals surface area contributed by atoms with Crippen molar-refractivity contribution in [1.29, 1.82) is 0 Å². The van der Waals surface area contributed by atoms with Crippen LogP contribution in [0.4, 0.5) is 9.59 Å². The lowest BCUT2D eigenvalue weighted by atomic mass is 9.89. The Morgan fingerprint density at radius 2 is 2.26 bits per heavy atom. The van der Waals surface area contributed by atoms with Crippen molar-refractivity contribution in [3.63, 3.8) is 0 Å². The third kappa shape index (κ3) is 1.85. The van der Waals surface area contributed by atoms with Gasteiger partial charge in [-0.3, -0.25) is 14.7 Å². The van der Waals surface area contributed by atoms with Crippen LogP contribution < -0.4 is 10.6 Å². The van der Waals surface area contributed by atoms with Crippen LogP contribution in [0.15, 0.2) is 18.7 Å². The lowest BCUT2D eigenvalue weighted by molar-refractivity contribution is -0.125. The Balaban J connectivity index is 1.80. The summed E-state index contributed by atoms with van der Waals surface area (Å²) in [5, 5.41) is 4.86. The van der Waals surface area contributed by atoms with Crippen LogP contribution in [-0.4, -0.2) is 51.0 Å². The summed E-state index contributed by atoms with van der Waals surface area (Å²) in [7, 11) is 0. The molecule has 1 atom stereocenters. The highest BCUT2D eigenvalue weighted by atomic mass is 16.2. The fourth-order valence-electron chi connectivity index (χ4n) is 2.57.